The van der Waals surface area contributed by atoms with E-state index in [1.54, 1.807) is 0 Å². The van der Waals surface area contributed by atoms with Crippen molar-refractivity contribution in [3.8, 4) is 0 Å². The zero-order chi connectivity index (χ0) is 17.0. The molecule has 0 bridgehead atoms. The van der Waals surface area contributed by atoms with Gasteiger partial charge in [-0.3, -0.25) is 9.80 Å². The van der Waals surface area contributed by atoms with Crippen LogP contribution in [0.5, 0.6) is 0 Å². The highest BCUT2D eigenvalue weighted by Crippen LogP contribution is 2.35. The van der Waals surface area contributed by atoms with Gasteiger partial charge in [0, 0.05) is 31.2 Å². The van der Waals surface area contributed by atoms with Crippen LogP contribution in [-0.2, 0) is 4.74 Å². The van der Waals surface area contributed by atoms with Crippen molar-refractivity contribution in [3.63, 3.8) is 0 Å². The molecule has 2 aliphatic heterocycles. The molecule has 3 rings (SSSR count). The summed E-state index contributed by atoms with van der Waals surface area (Å²) in [7, 11) is 0. The summed E-state index contributed by atoms with van der Waals surface area (Å²) < 4.78 is 5.55. The summed E-state index contributed by atoms with van der Waals surface area (Å²) >= 11 is 0. The van der Waals surface area contributed by atoms with Gasteiger partial charge in [0.2, 0.25) is 0 Å². The molecule has 0 spiro atoms. The maximum absolute atomic E-state index is 5.55. The molecular weight excluding hydrogens is 296 g/mol. The smallest absolute Gasteiger partial charge is 0.0594 e. The second kappa shape index (κ2) is 7.81. The van der Waals surface area contributed by atoms with E-state index >= 15 is 0 Å². The lowest BCUT2D eigenvalue weighted by molar-refractivity contribution is -0.000611. The number of allylic oxidation sites excluding steroid dienone is 1. The zero-order valence-corrected chi connectivity index (χ0v) is 15.5. The third kappa shape index (κ3) is 3.74. The van der Waals surface area contributed by atoms with Gasteiger partial charge >= 0.3 is 0 Å². The van der Waals surface area contributed by atoms with Crippen molar-refractivity contribution in [2.45, 2.75) is 45.2 Å². The summed E-state index contributed by atoms with van der Waals surface area (Å²) in [4.78, 5) is 5.26. The fourth-order valence-electron chi connectivity index (χ4n) is 4.25. The minimum absolute atomic E-state index is 0.0996. The van der Waals surface area contributed by atoms with Crippen molar-refractivity contribution in [2.75, 3.05) is 39.4 Å². The number of rotatable bonds is 5. The normalized spacial score (nSPS) is 24.5. The summed E-state index contributed by atoms with van der Waals surface area (Å²) in [6.07, 6.45) is 4.92. The summed E-state index contributed by atoms with van der Waals surface area (Å²) in [5.41, 5.74) is 3.10. The van der Waals surface area contributed by atoms with Crippen LogP contribution in [0.25, 0.3) is 0 Å². The molecule has 24 heavy (non-hydrogen) atoms. The molecule has 0 radical (unpaired) electrons. The zero-order valence-electron chi connectivity index (χ0n) is 15.5. The third-order valence-corrected chi connectivity index (χ3v) is 5.86. The lowest BCUT2D eigenvalue weighted by atomic mass is 9.90. The quantitative estimate of drug-likeness (QED) is 0.763. The number of likely N-dealkylation sites (tertiary alicyclic amines) is 1. The van der Waals surface area contributed by atoms with E-state index in [9.17, 15) is 0 Å². The molecule has 0 aromatic heterocycles. The molecule has 2 fully saturated rings. The largest absolute Gasteiger partial charge is 0.379 e. The van der Waals surface area contributed by atoms with Crippen LogP contribution < -0.4 is 0 Å². The van der Waals surface area contributed by atoms with Gasteiger partial charge < -0.3 is 4.74 Å². The Labute approximate surface area is 147 Å². The Kier molecular flexibility index (Phi) is 5.75. The van der Waals surface area contributed by atoms with Crippen molar-refractivity contribution in [2.24, 2.45) is 0 Å². The SMILES string of the molecule is CC=C(CN1CCCC1c1ccccc1)C(C)(C)N1CCOCC1. The highest BCUT2D eigenvalue weighted by atomic mass is 16.5. The molecule has 3 heteroatoms. The van der Waals surface area contributed by atoms with E-state index in [4.69, 9.17) is 4.74 Å². The summed E-state index contributed by atoms with van der Waals surface area (Å²) in [6.45, 7) is 13.0. The fourth-order valence-corrected chi connectivity index (χ4v) is 4.25. The first kappa shape index (κ1) is 17.7. The lowest BCUT2D eigenvalue weighted by Crippen LogP contribution is -2.52. The first-order valence-corrected chi connectivity index (χ1v) is 9.40. The molecule has 3 nitrogen and oxygen atoms in total. The standard InChI is InChI=1S/C21H32N2O/c1-4-19(21(2,3)23-13-15-24-16-14-23)17-22-12-8-11-20(22)18-9-6-5-7-10-18/h4-7,9-10,20H,8,11-17H2,1-3H3. The third-order valence-electron chi connectivity index (χ3n) is 5.86. The van der Waals surface area contributed by atoms with E-state index in [1.165, 1.54) is 30.5 Å². The second-order valence-electron chi connectivity index (χ2n) is 7.51. The molecular formula is C21H32N2O. The van der Waals surface area contributed by atoms with Gasteiger partial charge in [0.1, 0.15) is 0 Å². The highest BCUT2D eigenvalue weighted by molar-refractivity contribution is 5.24. The van der Waals surface area contributed by atoms with Gasteiger partial charge in [-0.05, 0) is 51.3 Å². The molecule has 2 aliphatic rings. The first-order valence-electron chi connectivity index (χ1n) is 9.40. The van der Waals surface area contributed by atoms with Crippen molar-refractivity contribution >= 4 is 0 Å². The Balaban J connectivity index is 1.72. The number of morpholine rings is 1. The van der Waals surface area contributed by atoms with Gasteiger partial charge in [-0.2, -0.15) is 0 Å². The Hall–Kier alpha value is -1.16. The van der Waals surface area contributed by atoms with Crippen LogP contribution in [0.1, 0.15) is 45.2 Å². The van der Waals surface area contributed by atoms with Crippen LogP contribution in [-0.4, -0.2) is 54.7 Å². The summed E-state index contributed by atoms with van der Waals surface area (Å²) in [6, 6.07) is 11.6. The van der Waals surface area contributed by atoms with E-state index in [0.29, 0.717) is 6.04 Å². The van der Waals surface area contributed by atoms with Gasteiger partial charge in [0.05, 0.1) is 13.2 Å². The van der Waals surface area contributed by atoms with E-state index in [2.05, 4.69) is 67.0 Å². The molecule has 1 aromatic carbocycles. The van der Waals surface area contributed by atoms with Crippen molar-refractivity contribution < 1.29 is 4.74 Å². The number of ether oxygens (including phenoxy) is 1. The van der Waals surface area contributed by atoms with Crippen LogP contribution in [0.15, 0.2) is 42.0 Å². The molecule has 0 aliphatic carbocycles. The molecule has 1 atom stereocenters. The van der Waals surface area contributed by atoms with Crippen LogP contribution in [0.4, 0.5) is 0 Å². The van der Waals surface area contributed by atoms with Crippen molar-refractivity contribution in [3.05, 3.63) is 47.5 Å². The number of benzene rings is 1. The van der Waals surface area contributed by atoms with Gasteiger partial charge in [0.15, 0.2) is 0 Å². The van der Waals surface area contributed by atoms with E-state index < -0.39 is 0 Å². The average Bonchev–Trinajstić information content (AvgIpc) is 3.09. The molecule has 2 saturated heterocycles. The number of hydrogen-bond acceptors (Lipinski definition) is 3. The number of nitrogens with zero attached hydrogens (tertiary/aromatic N) is 2. The maximum Gasteiger partial charge on any atom is 0.0594 e. The Morgan fingerprint density at radius 3 is 2.54 bits per heavy atom. The highest BCUT2D eigenvalue weighted by Gasteiger charge is 2.34. The van der Waals surface area contributed by atoms with Crippen LogP contribution in [0, 0.1) is 0 Å². The predicted octanol–water partition coefficient (Wildman–Crippen LogP) is 3.88. The van der Waals surface area contributed by atoms with Crippen LogP contribution in [0.2, 0.25) is 0 Å². The summed E-state index contributed by atoms with van der Waals surface area (Å²) in [5, 5.41) is 0. The molecule has 1 unspecified atom stereocenters. The maximum atomic E-state index is 5.55. The van der Waals surface area contributed by atoms with Crippen LogP contribution in [0.3, 0.4) is 0 Å². The Bertz CT molecular complexity index is 546. The molecule has 0 N–H and O–H groups in total. The monoisotopic (exact) mass is 328 g/mol. The van der Waals surface area contributed by atoms with Crippen molar-refractivity contribution in [1.82, 2.24) is 9.80 Å². The lowest BCUT2D eigenvalue weighted by Gasteiger charge is -2.44. The summed E-state index contributed by atoms with van der Waals surface area (Å²) in [5.74, 6) is 0. The molecule has 0 amide bonds. The van der Waals surface area contributed by atoms with E-state index in [1.807, 2.05) is 0 Å². The average molecular weight is 329 g/mol. The topological polar surface area (TPSA) is 15.7 Å². The fraction of sp³-hybridized carbons (Fsp3) is 0.619. The predicted molar refractivity (Wildman–Crippen MR) is 100 cm³/mol. The minimum Gasteiger partial charge on any atom is -0.379 e. The second-order valence-corrected chi connectivity index (χ2v) is 7.51. The molecule has 1 aromatic rings. The van der Waals surface area contributed by atoms with Gasteiger partial charge in [-0.25, -0.2) is 0 Å². The van der Waals surface area contributed by atoms with Crippen LogP contribution >= 0.6 is 0 Å². The van der Waals surface area contributed by atoms with E-state index in [0.717, 1.165) is 32.8 Å². The Morgan fingerprint density at radius 1 is 1.17 bits per heavy atom. The molecule has 0 saturated carbocycles. The van der Waals surface area contributed by atoms with Crippen molar-refractivity contribution in [1.29, 1.82) is 0 Å². The minimum atomic E-state index is 0.0996. The Morgan fingerprint density at radius 2 is 1.88 bits per heavy atom. The molecule has 2 heterocycles. The number of hydrogen-bond donors (Lipinski definition) is 0. The van der Waals surface area contributed by atoms with Gasteiger partial charge in [-0.1, -0.05) is 36.4 Å². The van der Waals surface area contributed by atoms with Gasteiger partial charge in [0.25, 0.3) is 0 Å². The first-order chi connectivity index (χ1) is 11.6. The van der Waals surface area contributed by atoms with E-state index in [-0.39, 0.29) is 5.54 Å². The molecule has 132 valence electrons. The van der Waals surface area contributed by atoms with Gasteiger partial charge in [-0.15, -0.1) is 0 Å².